The first-order valence-electron chi connectivity index (χ1n) is 6.65. The van der Waals surface area contributed by atoms with Crippen molar-refractivity contribution in [3.05, 3.63) is 29.5 Å². The van der Waals surface area contributed by atoms with Gasteiger partial charge in [-0.3, -0.25) is 0 Å². The topological polar surface area (TPSA) is 68.9 Å². The number of rotatable bonds is 4. The Labute approximate surface area is 116 Å². The van der Waals surface area contributed by atoms with Gasteiger partial charge in [0.25, 0.3) is 0 Å². The molecule has 0 bridgehead atoms. The Hall–Kier alpha value is -2.01. The second-order valence-electron chi connectivity index (χ2n) is 4.99. The molecular formula is C15H16O5. The lowest BCUT2D eigenvalue weighted by molar-refractivity contribution is 0.0676. The smallest absolute Gasteiger partial charge is 0.335 e. The molecule has 0 spiro atoms. The van der Waals surface area contributed by atoms with Crippen LogP contribution >= 0.6 is 0 Å². The summed E-state index contributed by atoms with van der Waals surface area (Å²) in [4.78, 5) is 11.1. The molecule has 1 aromatic heterocycles. The zero-order valence-corrected chi connectivity index (χ0v) is 11.2. The second kappa shape index (κ2) is 5.17. The van der Waals surface area contributed by atoms with E-state index in [1.807, 2.05) is 13.0 Å². The molecule has 5 nitrogen and oxygen atoms in total. The van der Waals surface area contributed by atoms with Crippen molar-refractivity contribution in [3.63, 3.8) is 0 Å². The summed E-state index contributed by atoms with van der Waals surface area (Å²) in [5.41, 5.74) is 0.693. The van der Waals surface area contributed by atoms with Crippen molar-refractivity contribution in [2.45, 2.75) is 25.9 Å². The summed E-state index contributed by atoms with van der Waals surface area (Å²) in [5, 5.41) is 9.93. The van der Waals surface area contributed by atoms with Crippen LogP contribution in [-0.2, 0) is 4.74 Å². The van der Waals surface area contributed by atoms with E-state index in [1.165, 1.54) is 12.1 Å². The molecule has 0 saturated carbocycles. The number of carboxylic acids is 1. The predicted octanol–water partition coefficient (Wildman–Crippen LogP) is 3.00. The Morgan fingerprint density at radius 1 is 1.45 bits per heavy atom. The Kier molecular flexibility index (Phi) is 3.36. The molecule has 1 saturated heterocycles. The average Bonchev–Trinajstić information content (AvgIpc) is 3.03. The van der Waals surface area contributed by atoms with Gasteiger partial charge in [0.05, 0.1) is 17.1 Å². The van der Waals surface area contributed by atoms with Crippen LogP contribution in [0.1, 0.15) is 29.0 Å². The van der Waals surface area contributed by atoms with E-state index in [-0.39, 0.29) is 11.7 Å². The molecule has 106 valence electrons. The number of ether oxygens (including phenoxy) is 2. The van der Waals surface area contributed by atoms with Crippen LogP contribution in [0.25, 0.3) is 11.0 Å². The van der Waals surface area contributed by atoms with E-state index in [9.17, 15) is 4.79 Å². The molecule has 1 aromatic carbocycles. The molecule has 2 aromatic rings. The van der Waals surface area contributed by atoms with Crippen LogP contribution < -0.4 is 4.74 Å². The number of aryl methyl sites for hydroxylation is 1. The molecule has 0 unspecified atom stereocenters. The zero-order chi connectivity index (χ0) is 14.1. The molecule has 0 radical (unpaired) electrons. The van der Waals surface area contributed by atoms with Crippen LogP contribution in [0.3, 0.4) is 0 Å². The van der Waals surface area contributed by atoms with Crippen molar-refractivity contribution in [2.75, 3.05) is 13.2 Å². The SMILES string of the molecule is Cc1cc2c(OC[C@H]3CCCO3)cc(C(=O)O)cc2o1. The molecule has 0 amide bonds. The average molecular weight is 276 g/mol. The molecule has 2 heterocycles. The van der Waals surface area contributed by atoms with Crippen molar-refractivity contribution in [2.24, 2.45) is 0 Å². The van der Waals surface area contributed by atoms with Gasteiger partial charge in [-0.15, -0.1) is 0 Å². The quantitative estimate of drug-likeness (QED) is 0.929. The minimum Gasteiger partial charge on any atom is -0.490 e. The first-order chi connectivity index (χ1) is 9.63. The van der Waals surface area contributed by atoms with Crippen molar-refractivity contribution in [1.82, 2.24) is 0 Å². The molecule has 3 rings (SSSR count). The Morgan fingerprint density at radius 3 is 3.00 bits per heavy atom. The van der Waals surface area contributed by atoms with Crippen LogP contribution in [-0.4, -0.2) is 30.4 Å². The molecule has 20 heavy (non-hydrogen) atoms. The third kappa shape index (κ3) is 2.49. The summed E-state index contributed by atoms with van der Waals surface area (Å²) in [6.45, 7) is 3.02. The summed E-state index contributed by atoms with van der Waals surface area (Å²) in [6.07, 6.45) is 2.11. The van der Waals surface area contributed by atoms with Gasteiger partial charge in [0.15, 0.2) is 0 Å². The Bertz CT molecular complexity index is 637. The van der Waals surface area contributed by atoms with Crippen molar-refractivity contribution < 1.29 is 23.8 Å². The monoisotopic (exact) mass is 276 g/mol. The highest BCUT2D eigenvalue weighted by Crippen LogP contribution is 2.31. The standard InChI is InChI=1S/C15H16O5/c1-9-5-12-13(19-8-11-3-2-4-18-11)6-10(15(16)17)7-14(12)20-9/h5-7,11H,2-4,8H2,1H3,(H,16,17)/t11-/m1/s1. The lowest BCUT2D eigenvalue weighted by Gasteiger charge is -2.12. The van der Waals surface area contributed by atoms with Gasteiger partial charge in [0.2, 0.25) is 0 Å². The number of hydrogen-bond donors (Lipinski definition) is 1. The number of carbonyl (C=O) groups is 1. The molecule has 1 aliphatic rings. The number of fused-ring (bicyclic) bond motifs is 1. The number of aromatic carboxylic acids is 1. The maximum Gasteiger partial charge on any atom is 0.335 e. The highest BCUT2D eigenvalue weighted by Gasteiger charge is 2.18. The third-order valence-electron chi connectivity index (χ3n) is 3.42. The minimum atomic E-state index is -0.997. The van der Waals surface area contributed by atoms with Gasteiger partial charge in [0, 0.05) is 6.61 Å². The fourth-order valence-electron chi connectivity index (χ4n) is 2.44. The number of furan rings is 1. The molecule has 1 aliphatic heterocycles. The van der Waals surface area contributed by atoms with Crippen LogP contribution in [0, 0.1) is 6.92 Å². The molecular weight excluding hydrogens is 260 g/mol. The molecule has 1 atom stereocenters. The van der Waals surface area contributed by atoms with E-state index in [0.717, 1.165) is 30.6 Å². The van der Waals surface area contributed by atoms with Crippen LogP contribution in [0.5, 0.6) is 5.75 Å². The second-order valence-corrected chi connectivity index (χ2v) is 4.99. The van der Waals surface area contributed by atoms with Crippen LogP contribution in [0.15, 0.2) is 22.6 Å². The lowest BCUT2D eigenvalue weighted by Crippen LogP contribution is -2.16. The number of carboxylic acid groups (broad SMARTS) is 1. The highest BCUT2D eigenvalue weighted by atomic mass is 16.5. The fraction of sp³-hybridized carbons (Fsp3) is 0.400. The van der Waals surface area contributed by atoms with Crippen molar-refractivity contribution in [3.8, 4) is 5.75 Å². The van der Waals surface area contributed by atoms with E-state index in [2.05, 4.69) is 0 Å². The molecule has 1 N–H and O–H groups in total. The normalized spacial score (nSPS) is 18.6. The van der Waals surface area contributed by atoms with E-state index in [0.29, 0.717) is 17.9 Å². The summed E-state index contributed by atoms with van der Waals surface area (Å²) in [6, 6.07) is 4.91. The van der Waals surface area contributed by atoms with Gasteiger partial charge >= 0.3 is 5.97 Å². The van der Waals surface area contributed by atoms with Gasteiger partial charge in [-0.05, 0) is 38.0 Å². The summed E-state index contributed by atoms with van der Waals surface area (Å²) in [5.74, 6) is 0.264. The summed E-state index contributed by atoms with van der Waals surface area (Å²) < 4.78 is 16.8. The van der Waals surface area contributed by atoms with Crippen molar-refractivity contribution in [1.29, 1.82) is 0 Å². The van der Waals surface area contributed by atoms with Gasteiger partial charge in [0.1, 0.15) is 23.7 Å². The number of hydrogen-bond acceptors (Lipinski definition) is 4. The number of benzene rings is 1. The first kappa shape index (κ1) is 13.0. The molecule has 0 aliphatic carbocycles. The highest BCUT2D eigenvalue weighted by molar-refractivity contribution is 5.95. The van der Waals surface area contributed by atoms with E-state index < -0.39 is 5.97 Å². The Balaban J connectivity index is 1.91. The third-order valence-corrected chi connectivity index (χ3v) is 3.42. The maximum atomic E-state index is 11.1. The zero-order valence-electron chi connectivity index (χ0n) is 11.2. The summed E-state index contributed by atoms with van der Waals surface area (Å²) in [7, 11) is 0. The van der Waals surface area contributed by atoms with E-state index in [1.54, 1.807) is 0 Å². The van der Waals surface area contributed by atoms with Gasteiger partial charge in [-0.2, -0.15) is 0 Å². The van der Waals surface area contributed by atoms with Gasteiger partial charge < -0.3 is 19.0 Å². The summed E-state index contributed by atoms with van der Waals surface area (Å²) >= 11 is 0. The molecule has 1 fully saturated rings. The van der Waals surface area contributed by atoms with Crippen LogP contribution in [0.2, 0.25) is 0 Å². The van der Waals surface area contributed by atoms with Crippen molar-refractivity contribution >= 4 is 16.9 Å². The molecule has 5 heteroatoms. The Morgan fingerprint density at radius 2 is 2.30 bits per heavy atom. The predicted molar refractivity (Wildman–Crippen MR) is 72.4 cm³/mol. The largest absolute Gasteiger partial charge is 0.490 e. The van der Waals surface area contributed by atoms with E-state index >= 15 is 0 Å². The van der Waals surface area contributed by atoms with Crippen LogP contribution in [0.4, 0.5) is 0 Å². The minimum absolute atomic E-state index is 0.0894. The van der Waals surface area contributed by atoms with E-state index in [4.69, 9.17) is 19.0 Å². The van der Waals surface area contributed by atoms with Gasteiger partial charge in [-0.25, -0.2) is 4.79 Å². The lowest BCUT2D eigenvalue weighted by atomic mass is 10.1. The maximum absolute atomic E-state index is 11.1. The first-order valence-corrected chi connectivity index (χ1v) is 6.65. The van der Waals surface area contributed by atoms with Gasteiger partial charge in [-0.1, -0.05) is 0 Å². The fourth-order valence-corrected chi connectivity index (χ4v) is 2.44.